The van der Waals surface area contributed by atoms with Crippen molar-refractivity contribution in [1.29, 1.82) is 0 Å². The summed E-state index contributed by atoms with van der Waals surface area (Å²) in [6.07, 6.45) is 5.66. The minimum absolute atomic E-state index is 0.102. The van der Waals surface area contributed by atoms with Gasteiger partial charge in [-0.1, -0.05) is 35.9 Å². The number of nitrogens with one attached hydrogen (secondary N) is 1. The van der Waals surface area contributed by atoms with Crippen LogP contribution in [-0.2, 0) is 23.1 Å². The molecule has 0 radical (unpaired) electrons. The third-order valence-electron chi connectivity index (χ3n) is 4.60. The normalized spacial score (nSPS) is 15.0. The van der Waals surface area contributed by atoms with Crippen LogP contribution < -0.4 is 5.32 Å². The van der Waals surface area contributed by atoms with Crippen LogP contribution >= 0.6 is 11.8 Å². The molecule has 0 bridgehead atoms. The van der Waals surface area contributed by atoms with Gasteiger partial charge in [-0.05, 0) is 44.7 Å². The van der Waals surface area contributed by atoms with Crippen molar-refractivity contribution in [2.24, 2.45) is 7.05 Å². The topological polar surface area (TPSA) is 69.0 Å². The van der Waals surface area contributed by atoms with Gasteiger partial charge < -0.3 is 14.6 Å². The summed E-state index contributed by atoms with van der Waals surface area (Å²) in [4.78, 5) is 12.0. The molecule has 1 fully saturated rings. The van der Waals surface area contributed by atoms with Gasteiger partial charge in [0.05, 0.1) is 12.3 Å². The number of ether oxygens (including phenoxy) is 1. The standard InChI is InChI=1S/C19H26N4O2S/c1-14-8-10-15(11-9-14)20-12-17-21-22-19(23(17)2)26-13-18(24)25-16-6-4-3-5-7-16/h8-11,16,20H,3-7,12-13H2,1-2H3. The number of rotatable bonds is 7. The Labute approximate surface area is 158 Å². The molecule has 0 amide bonds. The van der Waals surface area contributed by atoms with Crippen LogP contribution in [0.1, 0.15) is 43.5 Å². The lowest BCUT2D eigenvalue weighted by Gasteiger charge is -2.21. The molecule has 26 heavy (non-hydrogen) atoms. The molecule has 3 rings (SSSR count). The van der Waals surface area contributed by atoms with Gasteiger partial charge in [-0.3, -0.25) is 4.79 Å². The van der Waals surface area contributed by atoms with Gasteiger partial charge in [0.2, 0.25) is 0 Å². The predicted octanol–water partition coefficient (Wildman–Crippen LogP) is 3.70. The first-order chi connectivity index (χ1) is 12.6. The molecule has 0 atom stereocenters. The Bertz CT molecular complexity index is 724. The number of hydrogen-bond acceptors (Lipinski definition) is 6. The molecule has 1 aromatic heterocycles. The Hall–Kier alpha value is -2.02. The average Bonchev–Trinajstić information content (AvgIpc) is 3.00. The van der Waals surface area contributed by atoms with E-state index in [4.69, 9.17) is 4.74 Å². The molecule has 0 unspecified atom stereocenters. The van der Waals surface area contributed by atoms with E-state index >= 15 is 0 Å². The summed E-state index contributed by atoms with van der Waals surface area (Å²) >= 11 is 1.38. The Balaban J connectivity index is 1.47. The van der Waals surface area contributed by atoms with E-state index in [0.29, 0.717) is 6.54 Å². The highest BCUT2D eigenvalue weighted by atomic mass is 32.2. The minimum atomic E-state index is -0.163. The van der Waals surface area contributed by atoms with Crippen LogP contribution in [0.15, 0.2) is 29.4 Å². The number of thioether (sulfide) groups is 1. The number of esters is 1. The van der Waals surface area contributed by atoms with Gasteiger partial charge >= 0.3 is 5.97 Å². The minimum Gasteiger partial charge on any atom is -0.462 e. The van der Waals surface area contributed by atoms with E-state index in [0.717, 1.165) is 42.4 Å². The van der Waals surface area contributed by atoms with Gasteiger partial charge in [0.25, 0.3) is 0 Å². The molecule has 0 spiro atoms. The second kappa shape index (κ2) is 9.07. The van der Waals surface area contributed by atoms with Crippen molar-refractivity contribution >= 4 is 23.4 Å². The molecular formula is C19H26N4O2S. The van der Waals surface area contributed by atoms with E-state index in [9.17, 15) is 4.79 Å². The van der Waals surface area contributed by atoms with Gasteiger partial charge in [-0.25, -0.2) is 0 Å². The van der Waals surface area contributed by atoms with Crippen LogP contribution in [0.4, 0.5) is 5.69 Å². The van der Waals surface area contributed by atoms with E-state index in [2.05, 4.69) is 34.6 Å². The zero-order chi connectivity index (χ0) is 18.4. The average molecular weight is 375 g/mol. The van der Waals surface area contributed by atoms with Crippen molar-refractivity contribution in [2.75, 3.05) is 11.1 Å². The molecule has 1 aliphatic carbocycles. The number of aromatic nitrogens is 3. The van der Waals surface area contributed by atoms with Crippen molar-refractivity contribution in [3.8, 4) is 0 Å². The molecule has 140 valence electrons. The fourth-order valence-corrected chi connectivity index (χ4v) is 3.72. The molecule has 1 saturated carbocycles. The summed E-state index contributed by atoms with van der Waals surface area (Å²) in [6, 6.07) is 8.22. The highest BCUT2D eigenvalue weighted by molar-refractivity contribution is 7.99. The lowest BCUT2D eigenvalue weighted by Crippen LogP contribution is -2.22. The second-order valence-corrected chi connectivity index (χ2v) is 7.66. The highest BCUT2D eigenvalue weighted by Gasteiger charge is 2.18. The number of anilines is 1. The molecule has 0 aliphatic heterocycles. The smallest absolute Gasteiger partial charge is 0.316 e. The molecule has 2 aromatic rings. The molecule has 6 nitrogen and oxygen atoms in total. The summed E-state index contributed by atoms with van der Waals surface area (Å²) in [5.41, 5.74) is 2.27. The number of benzene rings is 1. The maximum absolute atomic E-state index is 12.0. The summed E-state index contributed by atoms with van der Waals surface area (Å²) in [5, 5.41) is 12.5. The van der Waals surface area contributed by atoms with Crippen LogP contribution in [0.2, 0.25) is 0 Å². The summed E-state index contributed by atoms with van der Waals surface area (Å²) in [6.45, 7) is 2.65. The van der Waals surface area contributed by atoms with Gasteiger partial charge in [-0.2, -0.15) is 0 Å². The number of hydrogen-bond donors (Lipinski definition) is 1. The zero-order valence-electron chi connectivity index (χ0n) is 15.4. The van der Waals surface area contributed by atoms with Gasteiger partial charge in [0.1, 0.15) is 6.10 Å². The van der Waals surface area contributed by atoms with Crippen LogP contribution in [0.5, 0.6) is 0 Å². The summed E-state index contributed by atoms with van der Waals surface area (Å²) in [7, 11) is 1.92. The first-order valence-electron chi connectivity index (χ1n) is 9.13. The number of carbonyl (C=O) groups excluding carboxylic acids is 1. The molecule has 1 aliphatic rings. The number of nitrogens with zero attached hydrogens (tertiary/aromatic N) is 3. The van der Waals surface area contributed by atoms with E-state index in [1.165, 1.54) is 23.7 Å². The van der Waals surface area contributed by atoms with E-state index in [1.54, 1.807) is 0 Å². The predicted molar refractivity (Wildman–Crippen MR) is 103 cm³/mol. The Morgan fingerprint density at radius 1 is 1.23 bits per heavy atom. The Kier molecular flexibility index (Phi) is 6.55. The first-order valence-corrected chi connectivity index (χ1v) is 10.1. The highest BCUT2D eigenvalue weighted by Crippen LogP contribution is 2.22. The fourth-order valence-electron chi connectivity index (χ4n) is 3.00. The lowest BCUT2D eigenvalue weighted by molar-refractivity contribution is -0.147. The molecule has 0 saturated heterocycles. The molecular weight excluding hydrogens is 348 g/mol. The Morgan fingerprint density at radius 2 is 1.96 bits per heavy atom. The number of carbonyl (C=O) groups is 1. The molecule has 7 heteroatoms. The van der Waals surface area contributed by atoms with Gasteiger partial charge in [0.15, 0.2) is 11.0 Å². The number of aryl methyl sites for hydroxylation is 1. The van der Waals surface area contributed by atoms with E-state index < -0.39 is 0 Å². The monoisotopic (exact) mass is 374 g/mol. The first kappa shape index (κ1) is 18.8. The largest absolute Gasteiger partial charge is 0.462 e. The van der Waals surface area contributed by atoms with Crippen LogP contribution in [0.3, 0.4) is 0 Å². The summed E-state index contributed by atoms with van der Waals surface area (Å²) < 4.78 is 7.46. The van der Waals surface area contributed by atoms with Crippen LogP contribution in [0.25, 0.3) is 0 Å². The maximum Gasteiger partial charge on any atom is 0.316 e. The van der Waals surface area contributed by atoms with Gasteiger partial charge in [-0.15, -0.1) is 10.2 Å². The third kappa shape index (κ3) is 5.24. The molecule has 1 N–H and O–H groups in total. The van der Waals surface area contributed by atoms with Crippen molar-refractivity contribution in [3.63, 3.8) is 0 Å². The Morgan fingerprint density at radius 3 is 2.69 bits per heavy atom. The van der Waals surface area contributed by atoms with Crippen LogP contribution in [-0.4, -0.2) is 32.6 Å². The third-order valence-corrected chi connectivity index (χ3v) is 5.59. The summed E-state index contributed by atoms with van der Waals surface area (Å²) in [5.74, 6) is 0.936. The van der Waals surface area contributed by atoms with E-state index in [-0.39, 0.29) is 17.8 Å². The fraction of sp³-hybridized carbons (Fsp3) is 0.526. The van der Waals surface area contributed by atoms with Crippen molar-refractivity contribution < 1.29 is 9.53 Å². The maximum atomic E-state index is 12.0. The van der Waals surface area contributed by atoms with Gasteiger partial charge in [0, 0.05) is 12.7 Å². The van der Waals surface area contributed by atoms with Crippen molar-refractivity contribution in [1.82, 2.24) is 14.8 Å². The zero-order valence-corrected chi connectivity index (χ0v) is 16.2. The quantitative estimate of drug-likeness (QED) is 0.589. The SMILES string of the molecule is Cc1ccc(NCc2nnc(SCC(=O)OC3CCCCC3)n2C)cc1. The molecule has 1 heterocycles. The molecule has 1 aromatic carbocycles. The van der Waals surface area contributed by atoms with E-state index in [1.807, 2.05) is 23.7 Å². The second-order valence-electron chi connectivity index (χ2n) is 6.72. The van der Waals surface area contributed by atoms with Crippen LogP contribution in [0, 0.1) is 6.92 Å². The van der Waals surface area contributed by atoms with Crippen molar-refractivity contribution in [2.45, 2.75) is 56.8 Å². The lowest BCUT2D eigenvalue weighted by atomic mass is 9.98. The van der Waals surface area contributed by atoms with Crippen molar-refractivity contribution in [3.05, 3.63) is 35.7 Å².